The number of nitrogen functional groups attached to an aromatic ring is 1. The van der Waals surface area contributed by atoms with Crippen LogP contribution in [-0.2, 0) is 10.3 Å². The highest BCUT2D eigenvalue weighted by molar-refractivity contribution is 7.21. The summed E-state index contributed by atoms with van der Waals surface area (Å²) in [5.74, 6) is -0.610. The van der Waals surface area contributed by atoms with Gasteiger partial charge in [0, 0.05) is 41.0 Å². The molecule has 1 aliphatic heterocycles. The van der Waals surface area contributed by atoms with E-state index in [0.29, 0.717) is 44.9 Å². The number of hydrogen-bond donors (Lipinski definition) is 5. The Bertz CT molecular complexity index is 1530. The third-order valence-electron chi connectivity index (χ3n) is 7.44. The summed E-state index contributed by atoms with van der Waals surface area (Å²) in [6.07, 6.45) is 3.54. The summed E-state index contributed by atoms with van der Waals surface area (Å²) in [5, 5.41) is 7.11. The van der Waals surface area contributed by atoms with Crippen LogP contribution in [0.4, 0.5) is 5.69 Å². The van der Waals surface area contributed by atoms with Gasteiger partial charge in [-0.1, -0.05) is 36.4 Å². The Balaban J connectivity index is 1.51. The van der Waals surface area contributed by atoms with Crippen LogP contribution in [0.2, 0.25) is 0 Å². The smallest absolute Gasteiger partial charge is 0.262 e. The average Bonchev–Trinajstić information content (AvgIpc) is 3.34. The van der Waals surface area contributed by atoms with E-state index >= 15 is 0 Å². The lowest BCUT2D eigenvalue weighted by Crippen LogP contribution is -2.52. The number of nitrogens with one attached hydrogen (secondary N) is 2. The predicted molar refractivity (Wildman–Crippen MR) is 146 cm³/mol. The number of thiophene rings is 1. The van der Waals surface area contributed by atoms with Gasteiger partial charge in [0.05, 0.1) is 21.3 Å². The molecular weight excluding hydrogens is 484 g/mol. The summed E-state index contributed by atoms with van der Waals surface area (Å²) in [7, 11) is 0. The molecule has 1 saturated heterocycles. The molecule has 188 valence electrons. The third-order valence-corrected chi connectivity index (χ3v) is 8.69. The number of amides is 1. The quantitative estimate of drug-likeness (QED) is 0.264. The van der Waals surface area contributed by atoms with Crippen LogP contribution < -0.4 is 27.8 Å². The van der Waals surface area contributed by atoms with E-state index in [9.17, 15) is 9.59 Å². The highest BCUT2D eigenvalue weighted by atomic mass is 32.1. The first-order chi connectivity index (χ1) is 17.9. The van der Waals surface area contributed by atoms with Crippen molar-refractivity contribution >= 4 is 38.8 Å². The number of anilines is 1. The standard InChI is InChI=1S/C28H28N6O2S/c29-19-9-8-18-21-22(25(37-24(19)21)27(36)34-17-7-4-11-32-14-17)23(30)26(35)28(18,31)16-10-12-33-20(13-16)15-5-2-1-3-6-15/h1-3,5-6,8-10,12-13,17,23,32H,4,7,11,14,29-31H2,(H,34,36). The Hall–Kier alpha value is -3.63. The second-order valence-corrected chi connectivity index (χ2v) is 10.7. The van der Waals surface area contributed by atoms with Gasteiger partial charge in [0.15, 0.2) is 5.78 Å². The SMILES string of the molecule is Nc1ccc2c3c(c(C(=O)NC4CCCNC4)sc13)C(N)C(=O)C2(N)c1ccnc(-c2ccccc2)c1. The fraction of sp³-hybridized carbons (Fsp3) is 0.250. The van der Waals surface area contributed by atoms with Crippen molar-refractivity contribution in [2.75, 3.05) is 18.8 Å². The summed E-state index contributed by atoms with van der Waals surface area (Å²) < 4.78 is 0.717. The molecule has 0 radical (unpaired) electrons. The van der Waals surface area contributed by atoms with Crippen LogP contribution in [-0.4, -0.2) is 35.8 Å². The summed E-state index contributed by atoms with van der Waals surface area (Å²) in [4.78, 5) is 32.3. The Morgan fingerprint density at radius 3 is 2.73 bits per heavy atom. The van der Waals surface area contributed by atoms with Crippen molar-refractivity contribution in [2.24, 2.45) is 11.5 Å². The van der Waals surface area contributed by atoms with E-state index in [1.54, 1.807) is 24.4 Å². The number of hydrogen-bond acceptors (Lipinski definition) is 8. The van der Waals surface area contributed by atoms with Gasteiger partial charge in [-0.3, -0.25) is 14.6 Å². The Kier molecular flexibility index (Phi) is 5.80. The van der Waals surface area contributed by atoms with E-state index in [0.717, 1.165) is 29.6 Å². The topological polar surface area (TPSA) is 149 Å². The minimum Gasteiger partial charge on any atom is -0.398 e. The lowest BCUT2D eigenvalue weighted by molar-refractivity contribution is -0.124. The number of carbonyl (C=O) groups is 2. The summed E-state index contributed by atoms with van der Waals surface area (Å²) >= 11 is 1.27. The summed E-state index contributed by atoms with van der Waals surface area (Å²) in [5.41, 5.74) is 22.3. The lowest BCUT2D eigenvalue weighted by atomic mass is 9.70. The first-order valence-electron chi connectivity index (χ1n) is 12.4. The molecule has 0 bridgehead atoms. The van der Waals surface area contributed by atoms with E-state index in [2.05, 4.69) is 15.6 Å². The maximum atomic E-state index is 14.0. The maximum Gasteiger partial charge on any atom is 0.262 e. The van der Waals surface area contributed by atoms with Crippen LogP contribution in [0.3, 0.4) is 0 Å². The molecule has 1 aliphatic carbocycles. The second-order valence-electron chi connectivity index (χ2n) is 9.71. The third kappa shape index (κ3) is 3.74. The number of rotatable bonds is 4. The molecular formula is C28H28N6O2S. The van der Waals surface area contributed by atoms with Crippen molar-refractivity contribution in [3.63, 3.8) is 0 Å². The van der Waals surface area contributed by atoms with Gasteiger partial charge >= 0.3 is 0 Å². The number of nitrogens with zero attached hydrogens (tertiary/aromatic N) is 1. The zero-order valence-electron chi connectivity index (χ0n) is 20.2. The number of benzene rings is 2. The van der Waals surface area contributed by atoms with E-state index < -0.39 is 11.6 Å². The molecule has 2 aromatic carbocycles. The highest BCUT2D eigenvalue weighted by Crippen LogP contribution is 2.49. The summed E-state index contributed by atoms with van der Waals surface area (Å²) in [6, 6.07) is 15.8. The van der Waals surface area contributed by atoms with Crippen LogP contribution in [0.15, 0.2) is 60.8 Å². The van der Waals surface area contributed by atoms with Crippen LogP contribution in [0, 0.1) is 0 Å². The fourth-order valence-electron chi connectivity index (χ4n) is 5.52. The van der Waals surface area contributed by atoms with Gasteiger partial charge in [-0.05, 0) is 48.7 Å². The van der Waals surface area contributed by atoms with Crippen molar-refractivity contribution in [3.8, 4) is 11.3 Å². The molecule has 3 unspecified atom stereocenters. The molecule has 3 heterocycles. The fourth-order valence-corrected chi connectivity index (χ4v) is 6.72. The van der Waals surface area contributed by atoms with Gasteiger partial charge in [-0.25, -0.2) is 0 Å². The van der Waals surface area contributed by atoms with Crippen molar-refractivity contribution in [1.82, 2.24) is 15.6 Å². The van der Waals surface area contributed by atoms with Crippen LogP contribution in [0.25, 0.3) is 21.3 Å². The molecule has 3 atom stereocenters. The molecule has 8 N–H and O–H groups in total. The molecule has 0 spiro atoms. The Morgan fingerprint density at radius 1 is 1.16 bits per heavy atom. The molecule has 6 rings (SSSR count). The summed E-state index contributed by atoms with van der Waals surface area (Å²) in [6.45, 7) is 1.65. The largest absolute Gasteiger partial charge is 0.398 e. The second kappa shape index (κ2) is 9.04. The van der Waals surface area contributed by atoms with Gasteiger partial charge in [0.1, 0.15) is 5.54 Å². The van der Waals surface area contributed by atoms with Crippen molar-refractivity contribution < 1.29 is 9.59 Å². The first kappa shape index (κ1) is 23.7. The number of carbonyl (C=O) groups excluding carboxylic acids is 2. The molecule has 1 amide bonds. The molecule has 2 aromatic heterocycles. The minimum atomic E-state index is -1.52. The number of Topliss-reactive ketones (excluding diaryl/α,β-unsaturated/α-hetero) is 1. The lowest BCUT2D eigenvalue weighted by Gasteiger charge is -2.36. The van der Waals surface area contributed by atoms with Gasteiger partial charge in [-0.2, -0.15) is 0 Å². The molecule has 0 saturated carbocycles. The van der Waals surface area contributed by atoms with E-state index in [-0.39, 0.29) is 17.7 Å². The predicted octanol–water partition coefficient (Wildman–Crippen LogP) is 2.81. The number of nitrogens with two attached hydrogens (primary N) is 3. The van der Waals surface area contributed by atoms with E-state index in [4.69, 9.17) is 17.2 Å². The van der Waals surface area contributed by atoms with E-state index in [1.165, 1.54) is 11.3 Å². The van der Waals surface area contributed by atoms with Crippen molar-refractivity contribution in [3.05, 3.63) is 82.4 Å². The molecule has 8 nitrogen and oxygen atoms in total. The first-order valence-corrected chi connectivity index (χ1v) is 13.2. The van der Waals surface area contributed by atoms with Crippen molar-refractivity contribution in [1.29, 1.82) is 0 Å². The maximum absolute atomic E-state index is 14.0. The Morgan fingerprint density at radius 2 is 1.97 bits per heavy atom. The van der Waals surface area contributed by atoms with Crippen LogP contribution in [0.1, 0.15) is 45.2 Å². The average molecular weight is 513 g/mol. The molecule has 4 aromatic rings. The van der Waals surface area contributed by atoms with Gasteiger partial charge in [-0.15, -0.1) is 11.3 Å². The van der Waals surface area contributed by atoms with E-state index in [1.807, 2.05) is 36.4 Å². The number of ketones is 1. The normalized spacial score (nSPS) is 23.2. The monoisotopic (exact) mass is 512 g/mol. The van der Waals surface area contributed by atoms with Crippen molar-refractivity contribution in [2.45, 2.75) is 30.5 Å². The Labute approximate surface area is 218 Å². The highest BCUT2D eigenvalue weighted by Gasteiger charge is 2.49. The molecule has 2 aliphatic rings. The molecule has 1 fully saturated rings. The number of piperidine rings is 1. The van der Waals surface area contributed by atoms with Crippen LogP contribution in [0.5, 0.6) is 0 Å². The molecule has 9 heteroatoms. The van der Waals surface area contributed by atoms with Crippen LogP contribution >= 0.6 is 11.3 Å². The van der Waals surface area contributed by atoms with Gasteiger partial charge in [0.25, 0.3) is 5.91 Å². The zero-order chi connectivity index (χ0) is 25.7. The van der Waals surface area contributed by atoms with Gasteiger partial charge < -0.3 is 27.8 Å². The zero-order valence-corrected chi connectivity index (χ0v) is 21.0. The minimum absolute atomic E-state index is 0.0211. The van der Waals surface area contributed by atoms with Gasteiger partial charge in [0.2, 0.25) is 0 Å². The molecule has 37 heavy (non-hydrogen) atoms. The number of pyridine rings is 1. The number of aromatic nitrogens is 1.